The maximum Gasteiger partial charge on any atom is 0.278 e. The van der Waals surface area contributed by atoms with E-state index in [1.54, 1.807) is 6.07 Å². The van der Waals surface area contributed by atoms with Gasteiger partial charge in [-0.15, -0.1) is 0 Å². The number of nitro benzene ring substituents is 1. The molecule has 0 fully saturated rings. The number of nitro groups is 1. The molecule has 3 N–H and O–H groups in total. The molecule has 1 aromatic carbocycles. The Morgan fingerprint density at radius 2 is 2.13 bits per heavy atom. The minimum atomic E-state index is -0.527. The van der Waals surface area contributed by atoms with Gasteiger partial charge in [0.05, 0.1) is 41.1 Å². The Balaban J connectivity index is 2.21. The zero-order valence-electron chi connectivity index (χ0n) is 13.4. The van der Waals surface area contributed by atoms with Crippen molar-refractivity contribution in [2.24, 2.45) is 0 Å². The minimum Gasteiger partial charge on any atom is -0.424 e. The highest BCUT2D eigenvalue weighted by Crippen LogP contribution is 2.26. The summed E-state index contributed by atoms with van der Waals surface area (Å²) < 4.78 is 5.40. The molecule has 0 aromatic heterocycles. The van der Waals surface area contributed by atoms with Crippen molar-refractivity contribution in [3.63, 3.8) is 0 Å². The summed E-state index contributed by atoms with van der Waals surface area (Å²) in [5, 5.41) is 26.4. The van der Waals surface area contributed by atoms with E-state index in [2.05, 4.69) is 22.5 Å². The number of nitrogens with one attached hydrogen (secondary N) is 2. The molecule has 0 aliphatic heterocycles. The Bertz CT molecular complexity index is 490. The lowest BCUT2D eigenvalue weighted by atomic mass is 10.2. The average molecular weight is 344 g/mol. The van der Waals surface area contributed by atoms with E-state index in [1.807, 2.05) is 7.05 Å². The van der Waals surface area contributed by atoms with Crippen LogP contribution in [0, 0.1) is 10.1 Å². The predicted molar refractivity (Wildman–Crippen MR) is 91.3 cm³/mol. The molecule has 0 aliphatic rings. The van der Waals surface area contributed by atoms with Crippen LogP contribution in [0.2, 0.25) is 0 Å². The van der Waals surface area contributed by atoms with Crippen molar-refractivity contribution in [1.82, 2.24) is 15.5 Å². The molecule has 0 bridgehead atoms. The number of hydrogen-bond acceptors (Lipinski definition) is 8. The first-order valence-electron chi connectivity index (χ1n) is 7.36. The summed E-state index contributed by atoms with van der Waals surface area (Å²) in [7, 11) is 2.05. The number of benzene rings is 1. The van der Waals surface area contributed by atoms with E-state index in [4.69, 9.17) is 9.29 Å². The molecule has 0 radical (unpaired) electrons. The van der Waals surface area contributed by atoms with Crippen LogP contribution >= 0.6 is 12.0 Å². The van der Waals surface area contributed by atoms with Gasteiger partial charge in [-0.05, 0) is 25.7 Å². The lowest BCUT2D eigenvalue weighted by molar-refractivity contribution is -0.385. The Hall–Kier alpha value is -1.39. The molecule has 130 valence electrons. The SMILES string of the molecule is CCN(C)CNCCNCSOc1ccc(CO)c([N+](=O)[O-])c1. The summed E-state index contributed by atoms with van der Waals surface area (Å²) in [4.78, 5) is 12.5. The number of aliphatic hydroxyl groups excluding tert-OH is 1. The number of nitrogens with zero attached hydrogens (tertiary/aromatic N) is 2. The van der Waals surface area contributed by atoms with E-state index in [1.165, 1.54) is 24.2 Å². The first kappa shape index (κ1) is 19.7. The Kier molecular flexibility index (Phi) is 9.57. The normalized spacial score (nSPS) is 11.0. The molecule has 1 aromatic rings. The lowest BCUT2D eigenvalue weighted by Crippen LogP contribution is -2.35. The summed E-state index contributed by atoms with van der Waals surface area (Å²) in [6, 6.07) is 4.42. The van der Waals surface area contributed by atoms with Crippen molar-refractivity contribution in [3.05, 3.63) is 33.9 Å². The van der Waals surface area contributed by atoms with Gasteiger partial charge in [0.15, 0.2) is 0 Å². The molecular weight excluding hydrogens is 320 g/mol. The maximum atomic E-state index is 10.9. The maximum absolute atomic E-state index is 10.9. The van der Waals surface area contributed by atoms with Crippen LogP contribution in [0.15, 0.2) is 18.2 Å². The smallest absolute Gasteiger partial charge is 0.278 e. The van der Waals surface area contributed by atoms with Crippen LogP contribution in [0.1, 0.15) is 12.5 Å². The van der Waals surface area contributed by atoms with Crippen LogP contribution in [-0.4, -0.2) is 54.2 Å². The average Bonchev–Trinajstić information content (AvgIpc) is 2.56. The van der Waals surface area contributed by atoms with E-state index in [9.17, 15) is 10.1 Å². The third-order valence-corrected chi connectivity index (χ3v) is 3.77. The second-order valence-electron chi connectivity index (χ2n) is 4.88. The van der Waals surface area contributed by atoms with Crippen LogP contribution < -0.4 is 14.8 Å². The van der Waals surface area contributed by atoms with Crippen LogP contribution in [0.25, 0.3) is 0 Å². The van der Waals surface area contributed by atoms with Gasteiger partial charge in [0.2, 0.25) is 0 Å². The van der Waals surface area contributed by atoms with E-state index < -0.39 is 4.92 Å². The van der Waals surface area contributed by atoms with Gasteiger partial charge in [0.25, 0.3) is 5.69 Å². The second-order valence-corrected chi connectivity index (χ2v) is 5.57. The van der Waals surface area contributed by atoms with Crippen molar-refractivity contribution >= 4 is 17.7 Å². The van der Waals surface area contributed by atoms with Crippen molar-refractivity contribution in [3.8, 4) is 5.75 Å². The van der Waals surface area contributed by atoms with Gasteiger partial charge in [0.1, 0.15) is 5.75 Å². The number of aliphatic hydroxyl groups is 1. The molecule has 0 saturated heterocycles. The molecule has 0 spiro atoms. The first-order chi connectivity index (χ1) is 11.1. The molecule has 0 saturated carbocycles. The van der Waals surface area contributed by atoms with Crippen LogP contribution in [0.3, 0.4) is 0 Å². The van der Waals surface area contributed by atoms with Gasteiger partial charge in [-0.3, -0.25) is 15.0 Å². The monoisotopic (exact) mass is 344 g/mol. The molecule has 8 nitrogen and oxygen atoms in total. The molecule has 1 rings (SSSR count). The summed E-state index contributed by atoms with van der Waals surface area (Å²) >= 11 is 1.17. The zero-order chi connectivity index (χ0) is 17.1. The van der Waals surface area contributed by atoms with Crippen molar-refractivity contribution < 1.29 is 14.2 Å². The predicted octanol–water partition coefficient (Wildman–Crippen LogP) is 1.16. The third-order valence-electron chi connectivity index (χ3n) is 3.14. The summed E-state index contributed by atoms with van der Waals surface area (Å²) in [5.74, 6) is 0.962. The molecule has 0 heterocycles. The zero-order valence-corrected chi connectivity index (χ0v) is 14.3. The van der Waals surface area contributed by atoms with E-state index in [0.29, 0.717) is 11.6 Å². The fourth-order valence-corrected chi connectivity index (χ4v) is 2.20. The largest absolute Gasteiger partial charge is 0.424 e. The lowest BCUT2D eigenvalue weighted by Gasteiger charge is -2.14. The summed E-state index contributed by atoms with van der Waals surface area (Å²) in [5.41, 5.74) is 0.136. The molecule has 0 atom stereocenters. The molecular formula is C14H24N4O4S. The Morgan fingerprint density at radius 3 is 2.78 bits per heavy atom. The molecule has 23 heavy (non-hydrogen) atoms. The van der Waals surface area contributed by atoms with Gasteiger partial charge in [-0.2, -0.15) is 0 Å². The second kappa shape index (κ2) is 11.2. The summed E-state index contributed by atoms with van der Waals surface area (Å²) in [6.07, 6.45) is 0. The minimum absolute atomic E-state index is 0.136. The number of hydrogen-bond donors (Lipinski definition) is 3. The molecule has 9 heteroatoms. The van der Waals surface area contributed by atoms with E-state index in [0.717, 1.165) is 26.3 Å². The number of rotatable bonds is 12. The Labute approximate surface area is 140 Å². The van der Waals surface area contributed by atoms with Gasteiger partial charge < -0.3 is 19.9 Å². The third kappa shape index (κ3) is 7.62. The van der Waals surface area contributed by atoms with Crippen molar-refractivity contribution in [1.29, 1.82) is 0 Å². The molecule has 0 amide bonds. The van der Waals surface area contributed by atoms with Crippen LogP contribution in [0.5, 0.6) is 5.75 Å². The van der Waals surface area contributed by atoms with Gasteiger partial charge in [-0.1, -0.05) is 6.92 Å². The standard InChI is InChI=1S/C14H24N4O4S/c1-3-17(2)10-15-6-7-16-11-23-22-13-5-4-12(9-19)14(8-13)18(20)21/h4-5,8,15-16,19H,3,6-7,9-11H2,1-2H3. The van der Waals surface area contributed by atoms with Gasteiger partial charge in [-0.25, -0.2) is 0 Å². The van der Waals surface area contributed by atoms with Crippen molar-refractivity contribution in [2.75, 3.05) is 39.2 Å². The van der Waals surface area contributed by atoms with Gasteiger partial charge >= 0.3 is 0 Å². The highest BCUT2D eigenvalue weighted by Gasteiger charge is 2.14. The van der Waals surface area contributed by atoms with Crippen LogP contribution in [-0.2, 0) is 6.61 Å². The van der Waals surface area contributed by atoms with E-state index >= 15 is 0 Å². The van der Waals surface area contributed by atoms with Gasteiger partial charge in [0, 0.05) is 19.8 Å². The van der Waals surface area contributed by atoms with Crippen LogP contribution in [0.4, 0.5) is 5.69 Å². The molecule has 0 aliphatic carbocycles. The Morgan fingerprint density at radius 1 is 1.39 bits per heavy atom. The fraction of sp³-hybridized carbons (Fsp3) is 0.571. The quantitative estimate of drug-likeness (QED) is 0.171. The van der Waals surface area contributed by atoms with E-state index in [-0.39, 0.29) is 17.9 Å². The topological polar surface area (TPSA) is 99.9 Å². The first-order valence-corrected chi connectivity index (χ1v) is 8.27. The highest BCUT2D eigenvalue weighted by molar-refractivity contribution is 7.94. The molecule has 0 unspecified atom stereocenters. The summed E-state index contributed by atoms with van der Waals surface area (Å²) in [6.45, 7) is 5.24. The van der Waals surface area contributed by atoms with Crippen molar-refractivity contribution in [2.45, 2.75) is 13.5 Å². The highest BCUT2D eigenvalue weighted by atomic mass is 32.2. The fourth-order valence-electron chi connectivity index (χ4n) is 1.67.